The minimum absolute atomic E-state index is 0.219. The Kier molecular flexibility index (Phi) is 8.23. The topological polar surface area (TPSA) is 96.0 Å². The van der Waals surface area contributed by atoms with Crippen molar-refractivity contribution < 1.29 is 9.85 Å². The van der Waals surface area contributed by atoms with E-state index in [4.69, 9.17) is 0 Å². The van der Waals surface area contributed by atoms with Gasteiger partial charge in [0, 0.05) is 19.2 Å². The van der Waals surface area contributed by atoms with Crippen molar-refractivity contribution in [2.45, 2.75) is 12.8 Å². The molecule has 140 valence electrons. The third-order valence-corrected chi connectivity index (χ3v) is 3.77. The predicted molar refractivity (Wildman–Crippen MR) is 98.3 cm³/mol. The second kappa shape index (κ2) is 9.90. The predicted octanol–water partition coefficient (Wildman–Crippen LogP) is 2.21. The second-order valence-electron chi connectivity index (χ2n) is 6.49. The molecule has 0 N–H and O–H groups in total. The Balaban J connectivity index is 3.04. The van der Waals surface area contributed by atoms with E-state index in [1.54, 1.807) is 0 Å². The summed E-state index contributed by atoms with van der Waals surface area (Å²) >= 11 is 0. The summed E-state index contributed by atoms with van der Waals surface area (Å²) in [5.74, 6) is 0. The standard InChI is InChI=1S/C16H27N5O4/c1-17(2)9-5-11-19(12-6-10-18(3)4)15-8-7-14(20(22)23)13-16(15)21(24)25/h7-8,13H,5-6,9-12H2,1-4H3. The van der Waals surface area contributed by atoms with Gasteiger partial charge in [0.05, 0.1) is 15.9 Å². The molecule has 0 heterocycles. The Morgan fingerprint density at radius 2 is 1.36 bits per heavy atom. The maximum absolute atomic E-state index is 11.4. The van der Waals surface area contributed by atoms with Crippen molar-refractivity contribution in [3.63, 3.8) is 0 Å². The normalized spacial score (nSPS) is 11.1. The van der Waals surface area contributed by atoms with Gasteiger partial charge in [-0.2, -0.15) is 0 Å². The lowest BCUT2D eigenvalue weighted by molar-refractivity contribution is -0.393. The molecule has 0 fully saturated rings. The molecule has 9 heteroatoms. The van der Waals surface area contributed by atoms with Gasteiger partial charge in [-0.15, -0.1) is 0 Å². The van der Waals surface area contributed by atoms with Crippen LogP contribution < -0.4 is 4.90 Å². The summed E-state index contributed by atoms with van der Waals surface area (Å²) < 4.78 is 0. The van der Waals surface area contributed by atoms with Crippen LogP contribution in [0, 0.1) is 20.2 Å². The molecule has 0 atom stereocenters. The Labute approximate surface area is 148 Å². The number of nitrogens with zero attached hydrogens (tertiary/aromatic N) is 5. The minimum atomic E-state index is -0.612. The van der Waals surface area contributed by atoms with E-state index in [0.29, 0.717) is 18.8 Å². The highest BCUT2D eigenvalue weighted by Crippen LogP contribution is 2.32. The van der Waals surface area contributed by atoms with Gasteiger partial charge in [0.25, 0.3) is 11.4 Å². The summed E-state index contributed by atoms with van der Waals surface area (Å²) in [5, 5.41) is 22.3. The quantitative estimate of drug-likeness (QED) is 0.444. The van der Waals surface area contributed by atoms with Crippen LogP contribution >= 0.6 is 0 Å². The number of benzene rings is 1. The van der Waals surface area contributed by atoms with Gasteiger partial charge in [0.2, 0.25) is 0 Å². The first-order valence-electron chi connectivity index (χ1n) is 8.19. The zero-order valence-corrected chi connectivity index (χ0v) is 15.3. The zero-order chi connectivity index (χ0) is 19.0. The molecule has 0 aliphatic heterocycles. The molecule has 1 aromatic carbocycles. The van der Waals surface area contributed by atoms with E-state index in [2.05, 4.69) is 9.80 Å². The largest absolute Gasteiger partial charge is 0.366 e. The Morgan fingerprint density at radius 1 is 0.840 bits per heavy atom. The van der Waals surface area contributed by atoms with Crippen LogP contribution in [0.15, 0.2) is 18.2 Å². The first-order chi connectivity index (χ1) is 11.7. The van der Waals surface area contributed by atoms with Crippen LogP contribution in [0.2, 0.25) is 0 Å². The molecule has 9 nitrogen and oxygen atoms in total. The Bertz CT molecular complexity index is 578. The van der Waals surface area contributed by atoms with Crippen LogP contribution in [0.4, 0.5) is 17.1 Å². The minimum Gasteiger partial charge on any atom is -0.366 e. The van der Waals surface area contributed by atoms with E-state index in [9.17, 15) is 20.2 Å². The van der Waals surface area contributed by atoms with Crippen LogP contribution in [0.3, 0.4) is 0 Å². The van der Waals surface area contributed by atoms with Crippen molar-refractivity contribution in [1.29, 1.82) is 0 Å². The number of hydrogen-bond acceptors (Lipinski definition) is 7. The van der Waals surface area contributed by atoms with Crippen molar-refractivity contribution in [2.24, 2.45) is 0 Å². The maximum Gasteiger partial charge on any atom is 0.299 e. The van der Waals surface area contributed by atoms with Crippen LogP contribution in [0.25, 0.3) is 0 Å². The van der Waals surface area contributed by atoms with Gasteiger partial charge in [0.15, 0.2) is 0 Å². The van der Waals surface area contributed by atoms with E-state index < -0.39 is 9.85 Å². The summed E-state index contributed by atoms with van der Waals surface area (Å²) in [6.45, 7) is 3.05. The molecule has 0 aliphatic rings. The van der Waals surface area contributed by atoms with Gasteiger partial charge in [-0.1, -0.05) is 0 Å². The van der Waals surface area contributed by atoms with Gasteiger partial charge in [-0.3, -0.25) is 20.2 Å². The third-order valence-electron chi connectivity index (χ3n) is 3.77. The van der Waals surface area contributed by atoms with Crippen molar-refractivity contribution in [3.8, 4) is 0 Å². The van der Waals surface area contributed by atoms with Crippen LogP contribution in [0.1, 0.15) is 12.8 Å². The lowest BCUT2D eigenvalue weighted by Crippen LogP contribution is -2.30. The molecular weight excluding hydrogens is 326 g/mol. The zero-order valence-electron chi connectivity index (χ0n) is 15.3. The number of hydrogen-bond donors (Lipinski definition) is 0. The second-order valence-corrected chi connectivity index (χ2v) is 6.49. The molecule has 0 saturated heterocycles. The average Bonchev–Trinajstić information content (AvgIpc) is 2.52. The Morgan fingerprint density at radius 3 is 1.76 bits per heavy atom. The molecular formula is C16H27N5O4. The molecule has 0 bridgehead atoms. The smallest absolute Gasteiger partial charge is 0.299 e. The van der Waals surface area contributed by atoms with Crippen molar-refractivity contribution in [3.05, 3.63) is 38.4 Å². The fraction of sp³-hybridized carbons (Fsp3) is 0.625. The van der Waals surface area contributed by atoms with E-state index >= 15 is 0 Å². The van der Waals surface area contributed by atoms with Gasteiger partial charge in [0.1, 0.15) is 5.69 Å². The number of nitro benzene ring substituents is 2. The molecule has 1 rings (SSSR count). The van der Waals surface area contributed by atoms with Gasteiger partial charge in [-0.05, 0) is 60.2 Å². The number of anilines is 1. The van der Waals surface area contributed by atoms with Gasteiger partial charge < -0.3 is 14.7 Å². The Hall–Kier alpha value is -2.26. The monoisotopic (exact) mass is 353 g/mol. The first kappa shape index (κ1) is 20.8. The number of non-ortho nitro benzene ring substituents is 1. The lowest BCUT2D eigenvalue weighted by atomic mass is 10.2. The van der Waals surface area contributed by atoms with E-state index in [-0.39, 0.29) is 11.4 Å². The van der Waals surface area contributed by atoms with Crippen LogP contribution in [-0.2, 0) is 0 Å². The summed E-state index contributed by atoms with van der Waals surface area (Å²) in [6, 6.07) is 3.86. The SMILES string of the molecule is CN(C)CCCN(CCCN(C)C)c1ccc([N+](=O)[O-])cc1[N+](=O)[O-]. The molecule has 0 amide bonds. The van der Waals surface area contributed by atoms with Crippen LogP contribution in [-0.4, -0.2) is 74.0 Å². The maximum atomic E-state index is 11.4. The van der Waals surface area contributed by atoms with Gasteiger partial charge >= 0.3 is 0 Å². The summed E-state index contributed by atoms with van der Waals surface area (Å²) in [4.78, 5) is 27.2. The molecule has 0 unspecified atom stereocenters. The summed E-state index contributed by atoms with van der Waals surface area (Å²) in [7, 11) is 7.91. The third kappa shape index (κ3) is 7.02. The number of nitro groups is 2. The lowest BCUT2D eigenvalue weighted by Gasteiger charge is -2.26. The molecule has 0 radical (unpaired) electrons. The molecule has 0 aromatic heterocycles. The summed E-state index contributed by atoms with van der Waals surface area (Å²) in [6.07, 6.45) is 1.70. The van der Waals surface area contributed by atoms with E-state index in [0.717, 1.165) is 32.0 Å². The molecule has 1 aromatic rings. The van der Waals surface area contributed by atoms with Gasteiger partial charge in [-0.25, -0.2) is 0 Å². The first-order valence-corrected chi connectivity index (χ1v) is 8.19. The fourth-order valence-electron chi connectivity index (χ4n) is 2.55. The molecule has 0 aliphatic carbocycles. The highest BCUT2D eigenvalue weighted by molar-refractivity contribution is 5.66. The van der Waals surface area contributed by atoms with Crippen LogP contribution in [0.5, 0.6) is 0 Å². The highest BCUT2D eigenvalue weighted by atomic mass is 16.6. The van der Waals surface area contributed by atoms with Crippen molar-refractivity contribution in [2.75, 3.05) is 59.3 Å². The molecule has 25 heavy (non-hydrogen) atoms. The summed E-state index contributed by atoms with van der Waals surface area (Å²) in [5.41, 5.74) is -0.0472. The van der Waals surface area contributed by atoms with E-state index in [1.165, 1.54) is 12.1 Å². The van der Waals surface area contributed by atoms with Crippen molar-refractivity contribution >= 4 is 17.1 Å². The average molecular weight is 353 g/mol. The van der Waals surface area contributed by atoms with Crippen molar-refractivity contribution in [1.82, 2.24) is 9.80 Å². The highest BCUT2D eigenvalue weighted by Gasteiger charge is 2.23. The van der Waals surface area contributed by atoms with E-state index in [1.807, 2.05) is 33.1 Å². The number of rotatable bonds is 11. The molecule has 0 saturated carbocycles. The molecule has 0 spiro atoms. The fourth-order valence-corrected chi connectivity index (χ4v) is 2.55.